The molecule has 0 radical (unpaired) electrons. The molecule has 0 aliphatic rings. The van der Waals surface area contributed by atoms with Gasteiger partial charge in [0, 0.05) is 6.54 Å². The van der Waals surface area contributed by atoms with Crippen LogP contribution in [0.3, 0.4) is 0 Å². The van der Waals surface area contributed by atoms with Crippen molar-refractivity contribution >= 4 is 16.8 Å². The lowest BCUT2D eigenvalue weighted by molar-refractivity contribution is 0.231. The van der Waals surface area contributed by atoms with Gasteiger partial charge in [0.15, 0.2) is 0 Å². The SMILES string of the molecule is CC(NC(=O)NCCO)c1ccc2ccccc2c1. The fraction of sp³-hybridized carbons (Fsp3) is 0.267. The first-order valence-electron chi connectivity index (χ1n) is 6.34. The maximum absolute atomic E-state index is 11.5. The summed E-state index contributed by atoms with van der Waals surface area (Å²) in [5.74, 6) is 0. The van der Waals surface area contributed by atoms with E-state index in [9.17, 15) is 4.79 Å². The highest BCUT2D eigenvalue weighted by Gasteiger charge is 2.09. The normalized spacial score (nSPS) is 12.1. The van der Waals surface area contributed by atoms with Crippen LogP contribution in [0.5, 0.6) is 0 Å². The van der Waals surface area contributed by atoms with Gasteiger partial charge in [-0.1, -0.05) is 36.4 Å². The van der Waals surface area contributed by atoms with Crippen molar-refractivity contribution in [3.05, 3.63) is 48.0 Å². The number of hydrogen-bond acceptors (Lipinski definition) is 2. The van der Waals surface area contributed by atoms with E-state index in [0.29, 0.717) is 0 Å². The fourth-order valence-corrected chi connectivity index (χ4v) is 1.98. The molecule has 0 fully saturated rings. The minimum Gasteiger partial charge on any atom is -0.395 e. The molecule has 3 N–H and O–H groups in total. The number of benzene rings is 2. The lowest BCUT2D eigenvalue weighted by atomic mass is 10.0. The van der Waals surface area contributed by atoms with Crippen molar-refractivity contribution in [1.82, 2.24) is 10.6 Å². The number of nitrogens with one attached hydrogen (secondary N) is 2. The van der Waals surface area contributed by atoms with Crippen LogP contribution in [0.25, 0.3) is 10.8 Å². The molecule has 1 unspecified atom stereocenters. The first kappa shape index (κ1) is 13.4. The Morgan fingerprint density at radius 3 is 2.68 bits per heavy atom. The Morgan fingerprint density at radius 1 is 1.21 bits per heavy atom. The molecule has 1 atom stereocenters. The van der Waals surface area contributed by atoms with Gasteiger partial charge >= 0.3 is 6.03 Å². The van der Waals surface area contributed by atoms with E-state index in [-0.39, 0.29) is 25.2 Å². The monoisotopic (exact) mass is 258 g/mol. The van der Waals surface area contributed by atoms with Gasteiger partial charge in [0.05, 0.1) is 12.6 Å². The smallest absolute Gasteiger partial charge is 0.315 e. The van der Waals surface area contributed by atoms with Crippen LogP contribution < -0.4 is 10.6 Å². The largest absolute Gasteiger partial charge is 0.395 e. The predicted octanol–water partition coefficient (Wildman–Crippen LogP) is 2.19. The third kappa shape index (κ3) is 3.45. The van der Waals surface area contributed by atoms with Crippen molar-refractivity contribution in [2.45, 2.75) is 13.0 Å². The van der Waals surface area contributed by atoms with Gasteiger partial charge in [-0.25, -0.2) is 4.79 Å². The van der Waals surface area contributed by atoms with Crippen LogP contribution in [0.2, 0.25) is 0 Å². The van der Waals surface area contributed by atoms with Gasteiger partial charge in [-0.15, -0.1) is 0 Å². The van der Waals surface area contributed by atoms with Crippen LogP contribution in [0.15, 0.2) is 42.5 Å². The summed E-state index contributed by atoms with van der Waals surface area (Å²) in [5.41, 5.74) is 1.05. The second kappa shape index (κ2) is 6.20. The molecule has 19 heavy (non-hydrogen) atoms. The number of fused-ring (bicyclic) bond motifs is 1. The third-order valence-corrected chi connectivity index (χ3v) is 3.02. The van der Waals surface area contributed by atoms with Gasteiger partial charge < -0.3 is 15.7 Å². The molecule has 0 aromatic heterocycles. The van der Waals surface area contributed by atoms with Gasteiger partial charge in [0.25, 0.3) is 0 Å². The van der Waals surface area contributed by atoms with Crippen LogP contribution in [0.1, 0.15) is 18.5 Å². The average molecular weight is 258 g/mol. The van der Waals surface area contributed by atoms with Crippen molar-refractivity contribution in [2.24, 2.45) is 0 Å². The maximum Gasteiger partial charge on any atom is 0.315 e. The molecule has 2 aromatic carbocycles. The molecule has 2 rings (SSSR count). The molecule has 2 aromatic rings. The summed E-state index contributed by atoms with van der Waals surface area (Å²) >= 11 is 0. The van der Waals surface area contributed by atoms with E-state index in [2.05, 4.69) is 34.9 Å². The molecular weight excluding hydrogens is 240 g/mol. The lowest BCUT2D eigenvalue weighted by Crippen LogP contribution is -2.38. The van der Waals surface area contributed by atoms with Crippen LogP contribution in [0, 0.1) is 0 Å². The second-order valence-corrected chi connectivity index (χ2v) is 4.45. The van der Waals surface area contributed by atoms with Crippen molar-refractivity contribution in [3.63, 3.8) is 0 Å². The molecular formula is C15H18N2O2. The van der Waals surface area contributed by atoms with E-state index < -0.39 is 0 Å². The summed E-state index contributed by atoms with van der Waals surface area (Å²) in [7, 11) is 0. The van der Waals surface area contributed by atoms with Crippen molar-refractivity contribution < 1.29 is 9.90 Å². The summed E-state index contributed by atoms with van der Waals surface area (Å²) in [6, 6.07) is 13.9. The first-order valence-corrected chi connectivity index (χ1v) is 6.34. The summed E-state index contributed by atoms with van der Waals surface area (Å²) in [4.78, 5) is 11.5. The fourth-order valence-electron chi connectivity index (χ4n) is 1.98. The van der Waals surface area contributed by atoms with Crippen molar-refractivity contribution in [1.29, 1.82) is 0 Å². The molecule has 0 aliphatic heterocycles. The Balaban J connectivity index is 2.08. The van der Waals surface area contributed by atoms with Crippen molar-refractivity contribution in [3.8, 4) is 0 Å². The number of carbonyl (C=O) groups is 1. The number of aliphatic hydroxyl groups is 1. The quantitative estimate of drug-likeness (QED) is 0.787. The van der Waals surface area contributed by atoms with E-state index in [1.807, 2.05) is 25.1 Å². The topological polar surface area (TPSA) is 61.4 Å². The van der Waals surface area contributed by atoms with Gasteiger partial charge in [0.2, 0.25) is 0 Å². The van der Waals surface area contributed by atoms with E-state index in [0.717, 1.165) is 10.9 Å². The summed E-state index contributed by atoms with van der Waals surface area (Å²) in [6.45, 7) is 2.14. The molecule has 100 valence electrons. The van der Waals surface area contributed by atoms with E-state index >= 15 is 0 Å². The maximum atomic E-state index is 11.5. The highest BCUT2D eigenvalue weighted by atomic mass is 16.3. The average Bonchev–Trinajstić information content (AvgIpc) is 2.44. The zero-order chi connectivity index (χ0) is 13.7. The van der Waals surface area contributed by atoms with Crippen LogP contribution in [-0.2, 0) is 0 Å². The van der Waals surface area contributed by atoms with Crippen LogP contribution in [0.4, 0.5) is 4.79 Å². The van der Waals surface area contributed by atoms with E-state index in [1.54, 1.807) is 0 Å². The minimum atomic E-state index is -0.269. The number of hydrogen-bond donors (Lipinski definition) is 3. The zero-order valence-corrected chi connectivity index (χ0v) is 10.9. The van der Waals surface area contributed by atoms with E-state index in [4.69, 9.17) is 5.11 Å². The number of aliphatic hydroxyl groups excluding tert-OH is 1. The molecule has 4 nitrogen and oxygen atoms in total. The Hall–Kier alpha value is -2.07. The standard InChI is InChI=1S/C15H18N2O2/c1-11(17-15(19)16-8-9-18)13-7-6-12-4-2-3-5-14(12)10-13/h2-7,10-11,18H,8-9H2,1H3,(H2,16,17,19). The molecule has 0 bridgehead atoms. The number of carbonyl (C=O) groups excluding carboxylic acids is 1. The molecule has 0 aliphatic carbocycles. The minimum absolute atomic E-state index is 0.0578. The third-order valence-electron chi connectivity index (χ3n) is 3.02. The second-order valence-electron chi connectivity index (χ2n) is 4.45. The number of urea groups is 1. The van der Waals surface area contributed by atoms with Gasteiger partial charge in [-0.05, 0) is 29.3 Å². The highest BCUT2D eigenvalue weighted by molar-refractivity contribution is 5.83. The molecule has 0 spiro atoms. The highest BCUT2D eigenvalue weighted by Crippen LogP contribution is 2.20. The molecule has 0 saturated heterocycles. The van der Waals surface area contributed by atoms with Gasteiger partial charge in [0.1, 0.15) is 0 Å². The van der Waals surface area contributed by atoms with Crippen molar-refractivity contribution in [2.75, 3.05) is 13.2 Å². The predicted molar refractivity (Wildman–Crippen MR) is 76.0 cm³/mol. The summed E-state index contributed by atoms with van der Waals surface area (Å²) in [5, 5.41) is 16.4. The Labute approximate surface area is 112 Å². The number of rotatable bonds is 4. The molecule has 0 saturated carbocycles. The molecule has 0 heterocycles. The Morgan fingerprint density at radius 2 is 1.95 bits per heavy atom. The Bertz CT molecular complexity index is 569. The van der Waals surface area contributed by atoms with Crippen LogP contribution in [-0.4, -0.2) is 24.3 Å². The van der Waals surface area contributed by atoms with Gasteiger partial charge in [-0.2, -0.15) is 0 Å². The van der Waals surface area contributed by atoms with Gasteiger partial charge in [-0.3, -0.25) is 0 Å². The van der Waals surface area contributed by atoms with E-state index in [1.165, 1.54) is 5.39 Å². The lowest BCUT2D eigenvalue weighted by Gasteiger charge is -2.15. The molecule has 2 amide bonds. The summed E-state index contributed by atoms with van der Waals surface area (Å²) in [6.07, 6.45) is 0. The number of amides is 2. The molecule has 4 heteroatoms. The summed E-state index contributed by atoms with van der Waals surface area (Å²) < 4.78 is 0. The zero-order valence-electron chi connectivity index (χ0n) is 10.9. The first-order chi connectivity index (χ1) is 9.20. The van der Waals surface area contributed by atoms with Crippen LogP contribution >= 0.6 is 0 Å². The Kier molecular flexibility index (Phi) is 4.36.